The van der Waals surface area contributed by atoms with Crippen molar-refractivity contribution in [3.05, 3.63) is 57.6 Å². The quantitative estimate of drug-likeness (QED) is 0.417. The maximum Gasteiger partial charge on any atom is 0.233 e. The summed E-state index contributed by atoms with van der Waals surface area (Å²) in [5.74, 6) is 0.0815. The minimum absolute atomic E-state index is 0. The smallest absolute Gasteiger partial charge is 0.233 e. The number of fused-ring (bicyclic) bond motifs is 1. The summed E-state index contributed by atoms with van der Waals surface area (Å²) in [7, 11) is 0. The van der Waals surface area contributed by atoms with Gasteiger partial charge < -0.3 is 4.74 Å². The maximum absolute atomic E-state index is 13.5. The summed E-state index contributed by atoms with van der Waals surface area (Å²) in [4.78, 5) is 22.6. The molecule has 0 radical (unpaired) electrons. The van der Waals surface area contributed by atoms with E-state index in [1.165, 1.54) is 11.1 Å². The Kier molecular flexibility index (Phi) is 9.13. The largest absolute Gasteiger partial charge is 0.379 e. The molecule has 3 aromatic rings. The molecule has 0 bridgehead atoms. The Hall–Kier alpha value is -1.70. The van der Waals surface area contributed by atoms with Gasteiger partial charge in [-0.1, -0.05) is 41.1 Å². The van der Waals surface area contributed by atoms with Crippen LogP contribution in [0.15, 0.2) is 30.3 Å². The third-order valence-corrected chi connectivity index (χ3v) is 7.61. The molecule has 2 aromatic carbocycles. The van der Waals surface area contributed by atoms with Crippen LogP contribution in [0.4, 0.5) is 5.13 Å². The van der Waals surface area contributed by atoms with Crippen molar-refractivity contribution in [2.24, 2.45) is 0 Å². The van der Waals surface area contributed by atoms with Crippen molar-refractivity contribution in [2.75, 3.05) is 44.3 Å². The van der Waals surface area contributed by atoms with E-state index in [4.69, 9.17) is 21.3 Å². The highest BCUT2D eigenvalue weighted by Gasteiger charge is 2.22. The first kappa shape index (κ1) is 25.9. The summed E-state index contributed by atoms with van der Waals surface area (Å²) in [5.41, 5.74) is 5.33. The van der Waals surface area contributed by atoms with E-state index in [0.717, 1.165) is 65.7 Å². The van der Waals surface area contributed by atoms with E-state index in [1.54, 1.807) is 11.3 Å². The summed E-state index contributed by atoms with van der Waals surface area (Å²) in [6, 6.07) is 10.1. The van der Waals surface area contributed by atoms with E-state index < -0.39 is 0 Å². The lowest BCUT2D eigenvalue weighted by atomic mass is 10.0. The normalized spacial score (nSPS) is 14.3. The van der Waals surface area contributed by atoms with E-state index in [2.05, 4.69) is 36.9 Å². The molecule has 4 rings (SSSR count). The van der Waals surface area contributed by atoms with Gasteiger partial charge in [0.05, 0.1) is 29.9 Å². The van der Waals surface area contributed by atoms with Crippen molar-refractivity contribution in [1.82, 2.24) is 9.88 Å². The van der Waals surface area contributed by atoms with E-state index in [0.29, 0.717) is 18.0 Å². The molecule has 1 fully saturated rings. The highest BCUT2D eigenvalue weighted by atomic mass is 35.5. The average Bonchev–Trinajstić information content (AvgIpc) is 3.22. The van der Waals surface area contributed by atoms with Crippen molar-refractivity contribution in [3.63, 3.8) is 0 Å². The van der Waals surface area contributed by atoms with Gasteiger partial charge in [-0.25, -0.2) is 4.98 Å². The fourth-order valence-electron chi connectivity index (χ4n) is 3.99. The highest BCUT2D eigenvalue weighted by Crippen LogP contribution is 2.34. The van der Waals surface area contributed by atoms with Crippen molar-refractivity contribution in [1.29, 1.82) is 0 Å². The van der Waals surface area contributed by atoms with E-state index in [9.17, 15) is 4.79 Å². The van der Waals surface area contributed by atoms with Gasteiger partial charge in [-0.2, -0.15) is 0 Å². The minimum atomic E-state index is 0. The van der Waals surface area contributed by atoms with Crippen LogP contribution in [-0.4, -0.2) is 55.2 Å². The Bertz CT molecular complexity index is 1110. The highest BCUT2D eigenvalue weighted by molar-refractivity contribution is 7.22. The molecule has 0 atom stereocenters. The summed E-state index contributed by atoms with van der Waals surface area (Å²) in [6.07, 6.45) is 1.27. The van der Waals surface area contributed by atoms with Gasteiger partial charge in [0.2, 0.25) is 5.91 Å². The third-order valence-electron chi connectivity index (χ3n) is 6.15. The van der Waals surface area contributed by atoms with Crippen LogP contribution in [0.5, 0.6) is 0 Å². The molecule has 0 saturated carbocycles. The van der Waals surface area contributed by atoms with Crippen LogP contribution in [0.25, 0.3) is 10.2 Å². The summed E-state index contributed by atoms with van der Waals surface area (Å²) in [5, 5.41) is 1.45. The predicted octanol–water partition coefficient (Wildman–Crippen LogP) is 5.59. The number of anilines is 1. The molecular formula is C25H31Cl2N3O2S. The number of hydrogen-bond acceptors (Lipinski definition) is 5. The lowest BCUT2D eigenvalue weighted by Gasteiger charge is -2.27. The van der Waals surface area contributed by atoms with Crippen LogP contribution in [-0.2, 0) is 16.0 Å². The van der Waals surface area contributed by atoms with Gasteiger partial charge in [0.1, 0.15) is 0 Å². The molecule has 2 heterocycles. The summed E-state index contributed by atoms with van der Waals surface area (Å²) < 4.78 is 6.50. The third kappa shape index (κ3) is 6.25. The molecule has 0 N–H and O–H groups in total. The van der Waals surface area contributed by atoms with E-state index in [1.807, 2.05) is 24.0 Å². The zero-order valence-electron chi connectivity index (χ0n) is 19.4. The van der Waals surface area contributed by atoms with Gasteiger partial charge in [0, 0.05) is 31.2 Å². The Morgan fingerprint density at radius 2 is 1.91 bits per heavy atom. The number of amides is 1. The van der Waals surface area contributed by atoms with E-state index >= 15 is 0 Å². The Morgan fingerprint density at radius 1 is 1.15 bits per heavy atom. The van der Waals surface area contributed by atoms with Gasteiger partial charge >= 0.3 is 0 Å². The van der Waals surface area contributed by atoms with Crippen molar-refractivity contribution in [3.8, 4) is 0 Å². The fourth-order valence-corrected chi connectivity index (χ4v) is 5.21. The zero-order chi connectivity index (χ0) is 22.7. The topological polar surface area (TPSA) is 45.7 Å². The molecule has 1 amide bonds. The molecule has 1 aliphatic heterocycles. The molecule has 1 aliphatic rings. The second kappa shape index (κ2) is 11.6. The molecule has 0 aliphatic carbocycles. The van der Waals surface area contributed by atoms with Crippen LogP contribution < -0.4 is 4.90 Å². The molecule has 5 nitrogen and oxygen atoms in total. The number of rotatable bonds is 7. The monoisotopic (exact) mass is 507 g/mol. The molecule has 178 valence electrons. The molecule has 1 aromatic heterocycles. The van der Waals surface area contributed by atoms with Crippen LogP contribution in [0, 0.1) is 20.8 Å². The van der Waals surface area contributed by atoms with Crippen LogP contribution in [0.2, 0.25) is 5.02 Å². The van der Waals surface area contributed by atoms with E-state index in [-0.39, 0.29) is 18.3 Å². The zero-order valence-corrected chi connectivity index (χ0v) is 21.8. The van der Waals surface area contributed by atoms with Crippen molar-refractivity contribution >= 4 is 56.6 Å². The molecule has 33 heavy (non-hydrogen) atoms. The van der Waals surface area contributed by atoms with Gasteiger partial charge in [0.15, 0.2) is 5.13 Å². The van der Waals surface area contributed by atoms with Crippen LogP contribution in [0.1, 0.15) is 28.7 Å². The standard InChI is InChI=1S/C25H30ClN3O2S.ClH/c1-17-5-6-20(15-18(17)2)16-23(30)29(10-4-9-28-11-13-31-14-12-28)25-27-24-19(3)21(26)7-8-22(24)32-25;/h5-8,15H,4,9-14,16H2,1-3H3;1H. The number of thiazole rings is 1. The molecule has 1 saturated heterocycles. The predicted molar refractivity (Wildman–Crippen MR) is 140 cm³/mol. The first-order chi connectivity index (χ1) is 15.4. The number of aryl methyl sites for hydroxylation is 3. The average molecular weight is 509 g/mol. The number of morpholine rings is 1. The first-order valence-electron chi connectivity index (χ1n) is 11.1. The number of ether oxygens (including phenoxy) is 1. The van der Waals surface area contributed by atoms with Crippen LogP contribution >= 0.6 is 35.3 Å². The lowest BCUT2D eigenvalue weighted by molar-refractivity contribution is -0.118. The number of halogens is 2. The van der Waals surface area contributed by atoms with Gasteiger partial charge in [-0.15, -0.1) is 12.4 Å². The molecule has 0 unspecified atom stereocenters. The second-order valence-electron chi connectivity index (χ2n) is 8.46. The maximum atomic E-state index is 13.5. The number of nitrogens with zero attached hydrogens (tertiary/aromatic N) is 3. The molecular weight excluding hydrogens is 477 g/mol. The molecule has 0 spiro atoms. The van der Waals surface area contributed by atoms with Crippen LogP contribution in [0.3, 0.4) is 0 Å². The van der Waals surface area contributed by atoms with Crippen molar-refractivity contribution in [2.45, 2.75) is 33.6 Å². The second-order valence-corrected chi connectivity index (χ2v) is 9.88. The summed E-state index contributed by atoms with van der Waals surface area (Å²) in [6.45, 7) is 11.2. The Morgan fingerprint density at radius 3 is 2.64 bits per heavy atom. The summed E-state index contributed by atoms with van der Waals surface area (Å²) >= 11 is 7.87. The van der Waals surface area contributed by atoms with Gasteiger partial charge in [-0.05, 0) is 61.6 Å². The number of hydrogen-bond donors (Lipinski definition) is 0. The molecule has 8 heteroatoms. The van der Waals surface area contributed by atoms with Gasteiger partial charge in [-0.3, -0.25) is 14.6 Å². The SMILES string of the molecule is Cc1ccc(CC(=O)N(CCCN2CCOCC2)c2nc3c(C)c(Cl)ccc3s2)cc1C.Cl. The number of benzene rings is 2. The first-order valence-corrected chi connectivity index (χ1v) is 12.3. The van der Waals surface area contributed by atoms with Crippen molar-refractivity contribution < 1.29 is 9.53 Å². The van der Waals surface area contributed by atoms with Gasteiger partial charge in [0.25, 0.3) is 0 Å². The number of carbonyl (C=O) groups is 1. The fraction of sp³-hybridized carbons (Fsp3) is 0.440. The Balaban J connectivity index is 0.00000306. The number of aromatic nitrogens is 1. The lowest BCUT2D eigenvalue weighted by Crippen LogP contribution is -2.39. The number of carbonyl (C=O) groups excluding carboxylic acids is 1. The Labute approximate surface area is 211 Å². The minimum Gasteiger partial charge on any atom is -0.379 e.